The molecule has 1 aromatic rings. The number of carbonyl (C=O) groups is 1. The molecule has 4 heteroatoms. The van der Waals surface area contributed by atoms with Gasteiger partial charge in [-0.25, -0.2) is 0 Å². The van der Waals surface area contributed by atoms with Gasteiger partial charge in [-0.05, 0) is 43.9 Å². The predicted octanol–water partition coefficient (Wildman–Crippen LogP) is 2.09. The molecule has 2 atom stereocenters. The third-order valence-electron chi connectivity index (χ3n) is 3.55. The van der Waals surface area contributed by atoms with Crippen LogP contribution in [0.4, 0.5) is 0 Å². The summed E-state index contributed by atoms with van der Waals surface area (Å²) in [5.41, 5.74) is 1.17. The Morgan fingerprint density at radius 3 is 2.74 bits per heavy atom. The first kappa shape index (κ1) is 12.3. The highest BCUT2D eigenvalue weighted by Gasteiger charge is 2.44. The normalized spacial score (nSPS) is 24.2. The number of amides is 1. The van der Waals surface area contributed by atoms with Crippen molar-refractivity contribution in [2.45, 2.75) is 32.2 Å². The van der Waals surface area contributed by atoms with Gasteiger partial charge in [0.1, 0.15) is 13.2 Å². The van der Waals surface area contributed by atoms with Gasteiger partial charge < -0.3 is 14.8 Å². The topological polar surface area (TPSA) is 47.6 Å². The van der Waals surface area contributed by atoms with Crippen molar-refractivity contribution in [3.8, 4) is 11.5 Å². The fourth-order valence-electron chi connectivity index (χ4n) is 2.54. The summed E-state index contributed by atoms with van der Waals surface area (Å²) in [6, 6.07) is 6.20. The maximum atomic E-state index is 11.9. The number of hydrogen-bond donors (Lipinski definition) is 1. The first-order chi connectivity index (χ1) is 9.15. The third-order valence-corrected chi connectivity index (χ3v) is 3.55. The smallest absolute Gasteiger partial charge is 0.223 e. The van der Waals surface area contributed by atoms with Gasteiger partial charge in [0.25, 0.3) is 0 Å². The Morgan fingerprint density at radius 2 is 2.00 bits per heavy atom. The molecule has 1 fully saturated rings. The third kappa shape index (κ3) is 2.53. The summed E-state index contributed by atoms with van der Waals surface area (Å²) in [5.74, 6) is 2.21. The second kappa shape index (κ2) is 4.76. The van der Waals surface area contributed by atoms with E-state index in [1.807, 2.05) is 32.0 Å². The molecule has 1 heterocycles. The maximum Gasteiger partial charge on any atom is 0.223 e. The van der Waals surface area contributed by atoms with Gasteiger partial charge in [0, 0.05) is 12.0 Å². The molecule has 0 bridgehead atoms. The average molecular weight is 261 g/mol. The molecule has 0 radical (unpaired) electrons. The van der Waals surface area contributed by atoms with E-state index in [1.165, 1.54) is 5.56 Å². The number of fused-ring (bicyclic) bond motifs is 1. The molecule has 0 saturated heterocycles. The molecule has 3 rings (SSSR count). The minimum atomic E-state index is 0.116. The minimum absolute atomic E-state index is 0.116. The number of hydrogen-bond acceptors (Lipinski definition) is 3. The Bertz CT molecular complexity index is 498. The lowest BCUT2D eigenvalue weighted by atomic mass is 10.1. The fourth-order valence-corrected chi connectivity index (χ4v) is 2.54. The van der Waals surface area contributed by atoms with Crippen LogP contribution in [0.25, 0.3) is 0 Å². The van der Waals surface area contributed by atoms with Crippen LogP contribution in [0.1, 0.15) is 31.7 Å². The van der Waals surface area contributed by atoms with Gasteiger partial charge in [0.15, 0.2) is 11.5 Å². The highest BCUT2D eigenvalue weighted by Crippen LogP contribution is 2.49. The lowest BCUT2D eigenvalue weighted by molar-refractivity contribution is -0.122. The van der Waals surface area contributed by atoms with Gasteiger partial charge in [-0.15, -0.1) is 0 Å². The lowest BCUT2D eigenvalue weighted by Gasteiger charge is -2.18. The SMILES string of the molecule is CC(C)NC(=O)[C@H]1C[C@@H]1c1ccc2c(c1)OCCO2. The number of ether oxygens (including phenoxy) is 2. The molecule has 1 aliphatic heterocycles. The van der Waals surface area contributed by atoms with E-state index in [0.29, 0.717) is 19.1 Å². The Labute approximate surface area is 113 Å². The monoisotopic (exact) mass is 261 g/mol. The van der Waals surface area contributed by atoms with Crippen LogP contribution >= 0.6 is 0 Å². The van der Waals surface area contributed by atoms with Gasteiger partial charge >= 0.3 is 0 Å². The van der Waals surface area contributed by atoms with E-state index >= 15 is 0 Å². The summed E-state index contributed by atoms with van der Waals surface area (Å²) in [6.45, 7) is 5.17. The van der Waals surface area contributed by atoms with E-state index in [0.717, 1.165) is 17.9 Å². The van der Waals surface area contributed by atoms with E-state index < -0.39 is 0 Å². The lowest BCUT2D eigenvalue weighted by Crippen LogP contribution is -2.31. The maximum absolute atomic E-state index is 11.9. The zero-order chi connectivity index (χ0) is 13.4. The van der Waals surface area contributed by atoms with Crippen molar-refractivity contribution in [1.82, 2.24) is 5.32 Å². The average Bonchev–Trinajstić information content (AvgIpc) is 3.17. The van der Waals surface area contributed by atoms with Gasteiger partial charge in [0.2, 0.25) is 5.91 Å². The van der Waals surface area contributed by atoms with Crippen molar-refractivity contribution in [1.29, 1.82) is 0 Å². The van der Waals surface area contributed by atoms with Crippen LogP contribution in [0.3, 0.4) is 0 Å². The number of nitrogens with one attached hydrogen (secondary N) is 1. The summed E-state index contributed by atoms with van der Waals surface area (Å²) in [7, 11) is 0. The van der Waals surface area contributed by atoms with Gasteiger partial charge in [-0.1, -0.05) is 6.07 Å². The van der Waals surface area contributed by atoms with Crippen LogP contribution in [-0.4, -0.2) is 25.2 Å². The molecule has 1 amide bonds. The van der Waals surface area contributed by atoms with Crippen LogP contribution in [0.2, 0.25) is 0 Å². The molecule has 19 heavy (non-hydrogen) atoms. The predicted molar refractivity (Wildman–Crippen MR) is 71.6 cm³/mol. The Kier molecular flexibility index (Phi) is 3.09. The first-order valence-electron chi connectivity index (χ1n) is 6.85. The number of carbonyl (C=O) groups excluding carboxylic acids is 1. The highest BCUT2D eigenvalue weighted by atomic mass is 16.6. The Hall–Kier alpha value is -1.71. The Balaban J connectivity index is 1.70. The van der Waals surface area contributed by atoms with Gasteiger partial charge in [-0.2, -0.15) is 0 Å². The molecule has 0 aromatic heterocycles. The second-order valence-electron chi connectivity index (χ2n) is 5.52. The first-order valence-corrected chi connectivity index (χ1v) is 6.85. The van der Waals surface area contributed by atoms with E-state index in [2.05, 4.69) is 5.32 Å². The van der Waals surface area contributed by atoms with Crippen LogP contribution in [-0.2, 0) is 4.79 Å². The van der Waals surface area contributed by atoms with Crippen LogP contribution in [0, 0.1) is 5.92 Å². The second-order valence-corrected chi connectivity index (χ2v) is 5.52. The Morgan fingerprint density at radius 1 is 1.26 bits per heavy atom. The van der Waals surface area contributed by atoms with Crippen LogP contribution in [0.15, 0.2) is 18.2 Å². The molecule has 1 aliphatic carbocycles. The highest BCUT2D eigenvalue weighted by molar-refractivity contribution is 5.83. The number of rotatable bonds is 3. The summed E-state index contributed by atoms with van der Waals surface area (Å²) in [6.07, 6.45) is 0.929. The minimum Gasteiger partial charge on any atom is -0.486 e. The molecular formula is C15H19NO3. The molecule has 0 spiro atoms. The quantitative estimate of drug-likeness (QED) is 0.906. The summed E-state index contributed by atoms with van der Waals surface area (Å²) >= 11 is 0. The van der Waals surface area contributed by atoms with Crippen molar-refractivity contribution in [2.75, 3.05) is 13.2 Å². The van der Waals surface area contributed by atoms with Crippen molar-refractivity contribution in [3.63, 3.8) is 0 Å². The van der Waals surface area contributed by atoms with E-state index in [1.54, 1.807) is 0 Å². The summed E-state index contributed by atoms with van der Waals surface area (Å²) in [4.78, 5) is 11.9. The molecule has 1 saturated carbocycles. The fraction of sp³-hybridized carbons (Fsp3) is 0.533. The molecular weight excluding hydrogens is 242 g/mol. The molecule has 4 nitrogen and oxygen atoms in total. The summed E-state index contributed by atoms with van der Waals surface area (Å²) in [5, 5.41) is 2.97. The van der Waals surface area contributed by atoms with Crippen LogP contribution < -0.4 is 14.8 Å². The van der Waals surface area contributed by atoms with Crippen LogP contribution in [0.5, 0.6) is 11.5 Å². The molecule has 0 unspecified atom stereocenters. The molecule has 1 aromatic carbocycles. The standard InChI is InChI=1S/C15H19NO3/c1-9(2)16-15(17)12-8-11(12)10-3-4-13-14(7-10)19-6-5-18-13/h3-4,7,9,11-12H,5-6,8H2,1-2H3,(H,16,17)/t11-,12+/m1/s1. The number of benzene rings is 1. The van der Waals surface area contributed by atoms with Gasteiger partial charge in [0.05, 0.1) is 0 Å². The molecule has 1 N–H and O–H groups in total. The molecule has 2 aliphatic rings. The van der Waals surface area contributed by atoms with Crippen molar-refractivity contribution >= 4 is 5.91 Å². The van der Waals surface area contributed by atoms with E-state index in [4.69, 9.17) is 9.47 Å². The van der Waals surface area contributed by atoms with Crippen molar-refractivity contribution in [3.05, 3.63) is 23.8 Å². The zero-order valence-corrected chi connectivity index (χ0v) is 11.3. The van der Waals surface area contributed by atoms with Crippen molar-refractivity contribution < 1.29 is 14.3 Å². The zero-order valence-electron chi connectivity index (χ0n) is 11.3. The summed E-state index contributed by atoms with van der Waals surface area (Å²) < 4.78 is 11.1. The molecule has 102 valence electrons. The van der Waals surface area contributed by atoms with E-state index in [9.17, 15) is 4.79 Å². The van der Waals surface area contributed by atoms with E-state index in [-0.39, 0.29) is 17.9 Å². The van der Waals surface area contributed by atoms with Crippen molar-refractivity contribution in [2.24, 2.45) is 5.92 Å². The largest absolute Gasteiger partial charge is 0.486 e. The van der Waals surface area contributed by atoms with Gasteiger partial charge in [-0.3, -0.25) is 4.79 Å².